The van der Waals surface area contributed by atoms with Gasteiger partial charge in [0.2, 0.25) is 0 Å². The summed E-state index contributed by atoms with van der Waals surface area (Å²) in [6.45, 7) is 0.166. The van der Waals surface area contributed by atoms with Crippen LogP contribution in [0.15, 0.2) is 47.4 Å². The first-order valence-electron chi connectivity index (χ1n) is 5.56. The largest absolute Gasteiger partial charge is 0.486 e. The van der Waals surface area contributed by atoms with Crippen molar-refractivity contribution in [2.75, 3.05) is 6.26 Å². The third-order valence-electron chi connectivity index (χ3n) is 2.54. The molecule has 5 heteroatoms. The van der Waals surface area contributed by atoms with E-state index in [-0.39, 0.29) is 12.4 Å². The highest BCUT2D eigenvalue weighted by Crippen LogP contribution is 2.19. The van der Waals surface area contributed by atoms with Gasteiger partial charge in [0.1, 0.15) is 12.4 Å². The highest BCUT2D eigenvalue weighted by Gasteiger charge is 2.05. The monoisotopic (exact) mass is 282 g/mol. The summed E-state index contributed by atoms with van der Waals surface area (Å²) in [5.74, 6) is -1.37. The molecular formula is C14H12F2O2S. The Morgan fingerprint density at radius 2 is 1.79 bits per heavy atom. The zero-order chi connectivity index (χ0) is 13.8. The summed E-state index contributed by atoms with van der Waals surface area (Å²) in [5, 5.41) is 0. The quantitative estimate of drug-likeness (QED) is 0.860. The molecule has 1 unspecified atom stereocenters. The molecule has 1 atom stereocenters. The molecule has 0 N–H and O–H groups in total. The van der Waals surface area contributed by atoms with E-state index in [0.29, 0.717) is 0 Å². The Labute approximate surface area is 112 Å². The Morgan fingerprint density at radius 1 is 1.11 bits per heavy atom. The number of halogens is 2. The Hall–Kier alpha value is -1.75. The number of ether oxygens (including phenoxy) is 1. The van der Waals surface area contributed by atoms with E-state index in [2.05, 4.69) is 0 Å². The molecule has 2 rings (SSSR count). The van der Waals surface area contributed by atoms with Crippen molar-refractivity contribution >= 4 is 10.8 Å². The minimum Gasteiger partial charge on any atom is -0.486 e. The molecule has 19 heavy (non-hydrogen) atoms. The number of hydrogen-bond acceptors (Lipinski definition) is 2. The predicted octanol–water partition coefficient (Wildman–Crippen LogP) is 3.28. The van der Waals surface area contributed by atoms with Crippen molar-refractivity contribution in [3.63, 3.8) is 0 Å². The summed E-state index contributed by atoms with van der Waals surface area (Å²) in [7, 11) is -1.03. The molecule has 0 spiro atoms. The van der Waals surface area contributed by atoms with Gasteiger partial charge in [0, 0.05) is 28.0 Å². The van der Waals surface area contributed by atoms with Crippen molar-refractivity contribution in [1.82, 2.24) is 0 Å². The molecule has 0 heterocycles. The van der Waals surface area contributed by atoms with Crippen molar-refractivity contribution in [2.45, 2.75) is 11.5 Å². The zero-order valence-corrected chi connectivity index (χ0v) is 11.0. The molecule has 2 aromatic carbocycles. The van der Waals surface area contributed by atoms with E-state index >= 15 is 0 Å². The molecule has 0 aliphatic rings. The second-order valence-corrected chi connectivity index (χ2v) is 5.34. The lowest BCUT2D eigenvalue weighted by molar-refractivity contribution is 0.289. The molecule has 0 fully saturated rings. The highest BCUT2D eigenvalue weighted by atomic mass is 32.2. The van der Waals surface area contributed by atoms with Crippen LogP contribution in [0.2, 0.25) is 0 Å². The van der Waals surface area contributed by atoms with Crippen LogP contribution in [0.1, 0.15) is 5.56 Å². The number of rotatable bonds is 4. The lowest BCUT2D eigenvalue weighted by atomic mass is 10.2. The molecule has 0 aromatic heterocycles. The smallest absolute Gasteiger partial charge is 0.167 e. The van der Waals surface area contributed by atoms with Crippen LogP contribution < -0.4 is 4.74 Å². The normalized spacial score (nSPS) is 12.2. The predicted molar refractivity (Wildman–Crippen MR) is 69.5 cm³/mol. The van der Waals surface area contributed by atoms with E-state index in [1.807, 2.05) is 0 Å². The summed E-state index contributed by atoms with van der Waals surface area (Å²) in [4.78, 5) is 0.719. The minimum absolute atomic E-state index is 0.00421. The summed E-state index contributed by atoms with van der Waals surface area (Å²) < 4.78 is 42.5. The number of hydrogen-bond donors (Lipinski definition) is 0. The lowest BCUT2D eigenvalue weighted by Crippen LogP contribution is -1.98. The van der Waals surface area contributed by atoms with Gasteiger partial charge in [0.05, 0.1) is 0 Å². The highest BCUT2D eigenvalue weighted by molar-refractivity contribution is 7.84. The summed E-state index contributed by atoms with van der Waals surface area (Å²) >= 11 is 0. The first-order chi connectivity index (χ1) is 9.06. The van der Waals surface area contributed by atoms with Crippen LogP contribution in [0, 0.1) is 11.6 Å². The molecule has 0 bridgehead atoms. The SMILES string of the molecule is CS(=O)c1ccc(COc2ccc(F)cc2F)cc1. The average Bonchev–Trinajstić information content (AvgIpc) is 2.38. The Kier molecular flexibility index (Phi) is 4.27. The van der Waals surface area contributed by atoms with Crippen molar-refractivity contribution in [1.29, 1.82) is 0 Å². The van der Waals surface area contributed by atoms with Crippen LogP contribution in [0.5, 0.6) is 5.75 Å². The molecule has 0 saturated heterocycles. The van der Waals surface area contributed by atoms with Gasteiger partial charge in [0.25, 0.3) is 0 Å². The number of benzene rings is 2. The van der Waals surface area contributed by atoms with E-state index < -0.39 is 22.4 Å². The van der Waals surface area contributed by atoms with Crippen LogP contribution in [0.4, 0.5) is 8.78 Å². The fourth-order valence-electron chi connectivity index (χ4n) is 1.53. The maximum absolute atomic E-state index is 13.3. The molecule has 2 nitrogen and oxygen atoms in total. The van der Waals surface area contributed by atoms with Crippen LogP contribution in [0.25, 0.3) is 0 Å². The van der Waals surface area contributed by atoms with Gasteiger partial charge in [-0.25, -0.2) is 8.78 Å². The summed E-state index contributed by atoms with van der Waals surface area (Å²) in [5.41, 5.74) is 0.818. The Morgan fingerprint density at radius 3 is 2.37 bits per heavy atom. The standard InChI is InChI=1S/C14H12F2O2S/c1-19(17)12-5-2-10(3-6-12)9-18-14-7-4-11(15)8-13(14)16/h2-8H,9H2,1H3. The maximum atomic E-state index is 13.3. The Balaban J connectivity index is 2.04. The van der Waals surface area contributed by atoms with Gasteiger partial charge in [-0.3, -0.25) is 4.21 Å². The molecule has 0 aliphatic heterocycles. The zero-order valence-electron chi connectivity index (χ0n) is 10.2. The third-order valence-corrected chi connectivity index (χ3v) is 3.48. The topological polar surface area (TPSA) is 26.3 Å². The lowest BCUT2D eigenvalue weighted by Gasteiger charge is -2.07. The van der Waals surface area contributed by atoms with E-state index in [4.69, 9.17) is 4.74 Å². The second-order valence-electron chi connectivity index (χ2n) is 3.96. The average molecular weight is 282 g/mol. The third kappa shape index (κ3) is 3.61. The molecule has 100 valence electrons. The summed E-state index contributed by atoms with van der Waals surface area (Å²) in [6.07, 6.45) is 1.60. The van der Waals surface area contributed by atoms with Crippen LogP contribution >= 0.6 is 0 Å². The van der Waals surface area contributed by atoms with Crippen molar-refractivity contribution < 1.29 is 17.7 Å². The fraction of sp³-hybridized carbons (Fsp3) is 0.143. The summed E-state index contributed by atoms with van der Waals surface area (Å²) in [6, 6.07) is 10.2. The van der Waals surface area contributed by atoms with E-state index in [1.54, 1.807) is 30.5 Å². The molecule has 0 amide bonds. The molecular weight excluding hydrogens is 270 g/mol. The minimum atomic E-state index is -1.03. The van der Waals surface area contributed by atoms with Gasteiger partial charge in [-0.1, -0.05) is 12.1 Å². The van der Waals surface area contributed by atoms with Gasteiger partial charge in [-0.05, 0) is 29.8 Å². The van der Waals surface area contributed by atoms with Gasteiger partial charge >= 0.3 is 0 Å². The van der Waals surface area contributed by atoms with Gasteiger partial charge < -0.3 is 4.74 Å². The van der Waals surface area contributed by atoms with Crippen LogP contribution in [0.3, 0.4) is 0 Å². The van der Waals surface area contributed by atoms with Crippen molar-refractivity contribution in [3.05, 3.63) is 59.7 Å². The maximum Gasteiger partial charge on any atom is 0.167 e. The molecule has 0 aliphatic carbocycles. The van der Waals surface area contributed by atoms with Crippen molar-refractivity contribution in [3.8, 4) is 5.75 Å². The van der Waals surface area contributed by atoms with E-state index in [0.717, 1.165) is 22.6 Å². The molecule has 0 radical (unpaired) electrons. The van der Waals surface area contributed by atoms with Crippen LogP contribution in [-0.2, 0) is 17.4 Å². The van der Waals surface area contributed by atoms with Gasteiger partial charge in [0.15, 0.2) is 11.6 Å². The van der Waals surface area contributed by atoms with Crippen LogP contribution in [-0.4, -0.2) is 10.5 Å². The van der Waals surface area contributed by atoms with Crippen molar-refractivity contribution in [2.24, 2.45) is 0 Å². The van der Waals surface area contributed by atoms with E-state index in [1.165, 1.54) is 6.07 Å². The van der Waals surface area contributed by atoms with E-state index in [9.17, 15) is 13.0 Å². The molecule has 0 saturated carbocycles. The fourth-order valence-corrected chi connectivity index (χ4v) is 2.05. The second kappa shape index (κ2) is 5.93. The first-order valence-corrected chi connectivity index (χ1v) is 7.12. The molecule has 2 aromatic rings. The first kappa shape index (κ1) is 13.7. The van der Waals surface area contributed by atoms with Gasteiger partial charge in [-0.2, -0.15) is 0 Å². The van der Waals surface area contributed by atoms with Gasteiger partial charge in [-0.15, -0.1) is 0 Å². The Bertz CT molecular complexity index is 597.